The van der Waals surface area contributed by atoms with E-state index in [0.717, 1.165) is 11.3 Å². The highest BCUT2D eigenvalue weighted by Gasteiger charge is 2.42. The Bertz CT molecular complexity index is 693. The van der Waals surface area contributed by atoms with Crippen molar-refractivity contribution < 1.29 is 13.6 Å². The van der Waals surface area contributed by atoms with Gasteiger partial charge in [-0.25, -0.2) is 13.5 Å². The fourth-order valence-electron chi connectivity index (χ4n) is 2.66. The summed E-state index contributed by atoms with van der Waals surface area (Å²) in [4.78, 5) is 12.1. The Balaban J connectivity index is 0.00000208. The lowest BCUT2D eigenvalue weighted by molar-refractivity contribution is -0.124. The molecule has 0 spiro atoms. The van der Waals surface area contributed by atoms with Crippen molar-refractivity contribution in [3.63, 3.8) is 0 Å². The third-order valence-corrected chi connectivity index (χ3v) is 3.92. The van der Waals surface area contributed by atoms with Crippen LogP contribution in [0, 0.1) is 0 Å². The van der Waals surface area contributed by atoms with Crippen molar-refractivity contribution in [3.05, 3.63) is 48.3 Å². The van der Waals surface area contributed by atoms with Gasteiger partial charge < -0.3 is 5.32 Å². The van der Waals surface area contributed by atoms with Crippen LogP contribution in [0.15, 0.2) is 42.7 Å². The number of nitrogens with zero attached hydrogens (tertiary/aromatic N) is 2. The van der Waals surface area contributed by atoms with E-state index >= 15 is 0 Å². The number of halogens is 3. The van der Waals surface area contributed by atoms with E-state index in [1.54, 1.807) is 10.9 Å². The van der Waals surface area contributed by atoms with Gasteiger partial charge in [-0.2, -0.15) is 5.10 Å². The number of benzene rings is 1. The first-order chi connectivity index (χ1) is 10.9. The summed E-state index contributed by atoms with van der Waals surface area (Å²) in [6.07, 6.45) is 3.05. The number of hydrogen-bond donors (Lipinski definition) is 2. The average molecular weight is 357 g/mol. The first kappa shape index (κ1) is 18.4. The molecule has 1 amide bonds. The first-order valence-electron chi connectivity index (χ1n) is 7.46. The van der Waals surface area contributed by atoms with Crippen molar-refractivity contribution in [3.8, 4) is 5.69 Å². The third kappa shape index (κ3) is 4.10. The number of rotatable bonds is 4. The minimum absolute atomic E-state index is 0. The second kappa shape index (κ2) is 7.27. The molecule has 0 saturated carbocycles. The van der Waals surface area contributed by atoms with Crippen molar-refractivity contribution in [1.29, 1.82) is 0 Å². The molecule has 2 N–H and O–H groups in total. The van der Waals surface area contributed by atoms with Crippen LogP contribution >= 0.6 is 12.4 Å². The van der Waals surface area contributed by atoms with Gasteiger partial charge in [-0.15, -0.1) is 12.4 Å². The summed E-state index contributed by atoms with van der Waals surface area (Å²) in [5.41, 5.74) is 1.76. The lowest BCUT2D eigenvalue weighted by Crippen LogP contribution is -2.41. The Hall–Kier alpha value is -1.99. The van der Waals surface area contributed by atoms with Gasteiger partial charge in [0.2, 0.25) is 5.91 Å². The van der Waals surface area contributed by atoms with Crippen LogP contribution < -0.4 is 10.6 Å². The molecule has 1 fully saturated rings. The molecule has 5 nitrogen and oxygen atoms in total. The maximum Gasteiger partial charge on any atom is 0.262 e. The molecule has 2 atom stereocenters. The SMILES string of the molecule is CC(NC(=O)C1CC(F)(F)CN1)c1cccc(-n2cccn2)c1.Cl. The van der Waals surface area contributed by atoms with Crippen molar-refractivity contribution in [1.82, 2.24) is 20.4 Å². The molecule has 2 unspecified atom stereocenters. The molecular weight excluding hydrogens is 338 g/mol. The molecule has 130 valence electrons. The van der Waals surface area contributed by atoms with Crippen LogP contribution in [0.4, 0.5) is 8.78 Å². The second-order valence-electron chi connectivity index (χ2n) is 5.77. The highest BCUT2D eigenvalue weighted by molar-refractivity contribution is 5.85. The molecule has 2 heterocycles. The van der Waals surface area contributed by atoms with Crippen molar-refractivity contribution >= 4 is 18.3 Å². The maximum atomic E-state index is 13.2. The van der Waals surface area contributed by atoms with Gasteiger partial charge in [0.25, 0.3) is 5.92 Å². The van der Waals surface area contributed by atoms with Gasteiger partial charge in [0.15, 0.2) is 0 Å². The largest absolute Gasteiger partial charge is 0.348 e. The Morgan fingerprint density at radius 1 is 1.46 bits per heavy atom. The summed E-state index contributed by atoms with van der Waals surface area (Å²) in [7, 11) is 0. The van der Waals surface area contributed by atoms with E-state index in [9.17, 15) is 13.6 Å². The van der Waals surface area contributed by atoms with Gasteiger partial charge in [0, 0.05) is 18.8 Å². The van der Waals surface area contributed by atoms with Gasteiger partial charge in [0.1, 0.15) is 0 Å². The summed E-state index contributed by atoms with van der Waals surface area (Å²) in [6.45, 7) is 1.38. The maximum absolute atomic E-state index is 13.2. The molecule has 0 bridgehead atoms. The molecule has 3 rings (SSSR count). The molecule has 24 heavy (non-hydrogen) atoms. The minimum atomic E-state index is -2.81. The molecule has 1 saturated heterocycles. The zero-order valence-electron chi connectivity index (χ0n) is 13.1. The summed E-state index contributed by atoms with van der Waals surface area (Å²) in [5, 5.41) is 9.51. The normalized spacial score (nSPS) is 20.2. The highest BCUT2D eigenvalue weighted by atomic mass is 35.5. The predicted molar refractivity (Wildman–Crippen MR) is 88.7 cm³/mol. The number of alkyl halides is 2. The molecule has 0 aliphatic carbocycles. The van der Waals surface area contributed by atoms with E-state index in [1.807, 2.05) is 43.5 Å². The topological polar surface area (TPSA) is 59.0 Å². The van der Waals surface area contributed by atoms with Gasteiger partial charge in [-0.1, -0.05) is 12.1 Å². The van der Waals surface area contributed by atoms with Crippen LogP contribution in [0.25, 0.3) is 5.69 Å². The molecule has 1 aliphatic rings. The number of nitrogens with one attached hydrogen (secondary N) is 2. The zero-order valence-corrected chi connectivity index (χ0v) is 13.9. The molecule has 0 radical (unpaired) electrons. The lowest BCUT2D eigenvalue weighted by Gasteiger charge is -2.18. The standard InChI is InChI=1S/C16H18F2N4O.ClH/c1-11(21-15(23)14-9-16(17,18)10-19-14)12-4-2-5-13(8-12)22-7-3-6-20-22;/h2-8,11,14,19H,9-10H2,1H3,(H,21,23);1H. The van der Waals surface area contributed by atoms with E-state index in [0.29, 0.717) is 0 Å². The zero-order chi connectivity index (χ0) is 16.4. The third-order valence-electron chi connectivity index (χ3n) is 3.92. The summed E-state index contributed by atoms with van der Waals surface area (Å²) >= 11 is 0. The summed E-state index contributed by atoms with van der Waals surface area (Å²) in [5.74, 6) is -3.22. The van der Waals surface area contributed by atoms with E-state index < -0.39 is 30.8 Å². The summed E-state index contributed by atoms with van der Waals surface area (Å²) < 4.78 is 28.1. The van der Waals surface area contributed by atoms with Crippen molar-refractivity contribution in [2.24, 2.45) is 0 Å². The quantitative estimate of drug-likeness (QED) is 0.884. The lowest BCUT2D eigenvalue weighted by atomic mass is 10.1. The molecule has 1 aromatic heterocycles. The van der Waals surface area contributed by atoms with Gasteiger partial charge in [-0.05, 0) is 30.7 Å². The number of amides is 1. The minimum Gasteiger partial charge on any atom is -0.348 e. The van der Waals surface area contributed by atoms with E-state index in [4.69, 9.17) is 0 Å². The number of hydrogen-bond acceptors (Lipinski definition) is 3. The van der Waals surface area contributed by atoms with Crippen LogP contribution in [-0.2, 0) is 4.79 Å². The fourth-order valence-corrected chi connectivity index (χ4v) is 2.66. The Kier molecular flexibility index (Phi) is 5.56. The highest BCUT2D eigenvalue weighted by Crippen LogP contribution is 2.25. The molecule has 8 heteroatoms. The van der Waals surface area contributed by atoms with Gasteiger partial charge >= 0.3 is 0 Å². The van der Waals surface area contributed by atoms with E-state index in [2.05, 4.69) is 15.7 Å². The first-order valence-corrected chi connectivity index (χ1v) is 7.46. The second-order valence-corrected chi connectivity index (χ2v) is 5.77. The van der Waals surface area contributed by atoms with Crippen molar-refractivity contribution in [2.45, 2.75) is 31.4 Å². The predicted octanol–water partition coefficient (Wildman–Crippen LogP) is 2.47. The summed E-state index contributed by atoms with van der Waals surface area (Å²) in [6, 6.07) is 8.27. The van der Waals surface area contributed by atoms with Gasteiger partial charge in [-0.3, -0.25) is 10.1 Å². The Labute approximate surface area is 144 Å². The van der Waals surface area contributed by atoms with Crippen molar-refractivity contribution in [2.75, 3.05) is 6.54 Å². The van der Waals surface area contributed by atoms with Gasteiger partial charge in [0.05, 0.1) is 24.3 Å². The van der Waals surface area contributed by atoms with Crippen LogP contribution in [0.3, 0.4) is 0 Å². The van der Waals surface area contributed by atoms with Crippen LogP contribution in [0.1, 0.15) is 24.9 Å². The van der Waals surface area contributed by atoms with Crippen LogP contribution in [0.5, 0.6) is 0 Å². The fraction of sp³-hybridized carbons (Fsp3) is 0.375. The van der Waals surface area contributed by atoms with E-state index in [1.165, 1.54) is 0 Å². The number of carbonyl (C=O) groups excluding carboxylic acids is 1. The van der Waals surface area contributed by atoms with E-state index in [-0.39, 0.29) is 18.4 Å². The Morgan fingerprint density at radius 3 is 2.88 bits per heavy atom. The molecular formula is C16H19ClF2N4O. The van der Waals surface area contributed by atoms with Crippen LogP contribution in [0.2, 0.25) is 0 Å². The monoisotopic (exact) mass is 356 g/mol. The smallest absolute Gasteiger partial charge is 0.262 e. The molecule has 2 aromatic rings. The molecule has 1 aliphatic heterocycles. The number of carbonyl (C=O) groups is 1. The van der Waals surface area contributed by atoms with Crippen LogP contribution in [-0.4, -0.2) is 34.2 Å². The number of aromatic nitrogens is 2. The average Bonchev–Trinajstić information content (AvgIpc) is 3.16. The molecule has 1 aromatic carbocycles. The Morgan fingerprint density at radius 2 is 2.25 bits per heavy atom.